The topological polar surface area (TPSA) is 29.3 Å². The van der Waals surface area contributed by atoms with Crippen molar-refractivity contribution in [3.63, 3.8) is 0 Å². The highest BCUT2D eigenvalue weighted by Crippen LogP contribution is 2.31. The molecule has 0 bridgehead atoms. The fourth-order valence-corrected chi connectivity index (χ4v) is 2.96. The molecule has 0 spiro atoms. The summed E-state index contributed by atoms with van der Waals surface area (Å²) in [7, 11) is 0. The van der Waals surface area contributed by atoms with Gasteiger partial charge in [-0.2, -0.15) is 0 Å². The van der Waals surface area contributed by atoms with E-state index in [0.29, 0.717) is 0 Å². The second-order valence-electron chi connectivity index (χ2n) is 6.60. The van der Waals surface area contributed by atoms with Crippen LogP contribution < -0.4 is 5.32 Å². The molecule has 0 atom stereocenters. The standard InChI is InChI=1S/C22H21N3/c1-15-4-9-18(10-5-15)21-22(23-19-11-6-16(2)7-12-19)25-14-17(3)8-13-20(25)24-21/h4-14,23H,1-3H3. The van der Waals surface area contributed by atoms with Gasteiger partial charge in [0.05, 0.1) is 0 Å². The first-order valence-corrected chi connectivity index (χ1v) is 8.49. The van der Waals surface area contributed by atoms with Gasteiger partial charge in [-0.25, -0.2) is 4.98 Å². The Bertz CT molecular complexity index is 1030. The van der Waals surface area contributed by atoms with Crippen LogP contribution in [0.5, 0.6) is 0 Å². The van der Waals surface area contributed by atoms with Crippen LogP contribution in [0.1, 0.15) is 16.7 Å². The fraction of sp³-hybridized carbons (Fsp3) is 0.136. The summed E-state index contributed by atoms with van der Waals surface area (Å²) in [5.41, 5.74) is 7.77. The molecule has 25 heavy (non-hydrogen) atoms. The maximum atomic E-state index is 4.87. The molecule has 0 aliphatic carbocycles. The van der Waals surface area contributed by atoms with Crippen molar-refractivity contribution in [1.29, 1.82) is 0 Å². The number of rotatable bonds is 3. The van der Waals surface area contributed by atoms with Crippen LogP contribution in [-0.2, 0) is 0 Å². The van der Waals surface area contributed by atoms with Crippen molar-refractivity contribution in [1.82, 2.24) is 9.38 Å². The van der Waals surface area contributed by atoms with Gasteiger partial charge in [0.25, 0.3) is 0 Å². The first kappa shape index (κ1) is 15.5. The Kier molecular flexibility index (Phi) is 3.77. The quantitative estimate of drug-likeness (QED) is 0.525. The van der Waals surface area contributed by atoms with E-state index in [1.165, 1.54) is 16.7 Å². The van der Waals surface area contributed by atoms with E-state index in [1.54, 1.807) is 0 Å². The van der Waals surface area contributed by atoms with Crippen LogP contribution in [0.25, 0.3) is 16.9 Å². The fourth-order valence-electron chi connectivity index (χ4n) is 2.96. The normalized spacial score (nSPS) is 11.0. The minimum Gasteiger partial charge on any atom is -0.339 e. The third-order valence-electron chi connectivity index (χ3n) is 4.41. The third-order valence-corrected chi connectivity index (χ3v) is 4.41. The summed E-state index contributed by atoms with van der Waals surface area (Å²) in [6.45, 7) is 6.29. The van der Waals surface area contributed by atoms with E-state index in [-0.39, 0.29) is 0 Å². The van der Waals surface area contributed by atoms with Gasteiger partial charge in [-0.1, -0.05) is 53.6 Å². The van der Waals surface area contributed by atoms with Crippen molar-refractivity contribution in [2.75, 3.05) is 5.32 Å². The van der Waals surface area contributed by atoms with E-state index in [9.17, 15) is 0 Å². The van der Waals surface area contributed by atoms with Crippen molar-refractivity contribution in [2.45, 2.75) is 20.8 Å². The molecule has 0 amide bonds. The molecule has 0 saturated heterocycles. The lowest BCUT2D eigenvalue weighted by Gasteiger charge is -2.10. The van der Waals surface area contributed by atoms with Gasteiger partial charge in [0.2, 0.25) is 0 Å². The molecule has 124 valence electrons. The van der Waals surface area contributed by atoms with Crippen molar-refractivity contribution in [3.8, 4) is 11.3 Å². The minimum absolute atomic E-state index is 0.941. The average Bonchev–Trinajstić information content (AvgIpc) is 2.95. The first-order chi connectivity index (χ1) is 12.1. The van der Waals surface area contributed by atoms with E-state index in [0.717, 1.165) is 28.4 Å². The van der Waals surface area contributed by atoms with Gasteiger partial charge in [-0.3, -0.25) is 4.40 Å². The summed E-state index contributed by atoms with van der Waals surface area (Å²) < 4.78 is 2.13. The second-order valence-corrected chi connectivity index (χ2v) is 6.60. The number of aromatic nitrogens is 2. The van der Waals surface area contributed by atoms with Crippen LogP contribution in [0.3, 0.4) is 0 Å². The number of anilines is 2. The molecule has 4 rings (SSSR count). The number of nitrogens with one attached hydrogen (secondary N) is 1. The maximum Gasteiger partial charge on any atom is 0.143 e. The maximum absolute atomic E-state index is 4.87. The van der Waals surface area contributed by atoms with Crippen molar-refractivity contribution in [2.24, 2.45) is 0 Å². The Morgan fingerprint density at radius 2 is 1.32 bits per heavy atom. The van der Waals surface area contributed by atoms with Crippen molar-refractivity contribution < 1.29 is 0 Å². The molecule has 4 aromatic rings. The van der Waals surface area contributed by atoms with Gasteiger partial charge < -0.3 is 5.32 Å². The molecule has 3 heteroatoms. The van der Waals surface area contributed by atoms with Gasteiger partial charge in [0.15, 0.2) is 0 Å². The van der Waals surface area contributed by atoms with E-state index >= 15 is 0 Å². The molecular weight excluding hydrogens is 306 g/mol. The molecule has 0 saturated carbocycles. The Hall–Kier alpha value is -3.07. The van der Waals surface area contributed by atoms with Crippen LogP contribution in [0.15, 0.2) is 66.9 Å². The molecule has 0 radical (unpaired) electrons. The predicted octanol–water partition coefficient (Wildman–Crippen LogP) is 5.67. The first-order valence-electron chi connectivity index (χ1n) is 8.49. The van der Waals surface area contributed by atoms with Gasteiger partial charge in [0, 0.05) is 17.4 Å². The highest BCUT2D eigenvalue weighted by Gasteiger charge is 2.14. The smallest absolute Gasteiger partial charge is 0.143 e. The predicted molar refractivity (Wildman–Crippen MR) is 105 cm³/mol. The molecule has 0 unspecified atom stereocenters. The van der Waals surface area contributed by atoms with Crippen LogP contribution in [-0.4, -0.2) is 9.38 Å². The molecule has 2 aromatic heterocycles. The van der Waals surface area contributed by atoms with Gasteiger partial charge in [-0.05, 0) is 44.5 Å². The average molecular weight is 327 g/mol. The molecule has 2 aromatic carbocycles. The number of benzene rings is 2. The zero-order chi connectivity index (χ0) is 17.4. The third kappa shape index (κ3) is 3.01. The SMILES string of the molecule is Cc1ccc(Nc2c(-c3ccc(C)cc3)nc3ccc(C)cn23)cc1. The van der Waals surface area contributed by atoms with Crippen LogP contribution in [0.2, 0.25) is 0 Å². The lowest BCUT2D eigenvalue weighted by molar-refractivity contribution is 1.16. The number of fused-ring (bicyclic) bond motifs is 1. The summed E-state index contributed by atoms with van der Waals surface area (Å²) in [4.78, 5) is 4.87. The molecular formula is C22H21N3. The van der Waals surface area contributed by atoms with E-state index in [4.69, 9.17) is 4.98 Å². The van der Waals surface area contributed by atoms with E-state index in [1.807, 2.05) is 0 Å². The summed E-state index contributed by atoms with van der Waals surface area (Å²) in [6.07, 6.45) is 2.12. The number of hydrogen-bond donors (Lipinski definition) is 1. The molecule has 0 aliphatic rings. The van der Waals surface area contributed by atoms with Crippen molar-refractivity contribution >= 4 is 17.2 Å². The Morgan fingerprint density at radius 1 is 0.720 bits per heavy atom. The van der Waals surface area contributed by atoms with Crippen LogP contribution in [0, 0.1) is 20.8 Å². The Labute approximate surface area is 148 Å². The molecule has 3 nitrogen and oxygen atoms in total. The Morgan fingerprint density at radius 3 is 2.00 bits per heavy atom. The number of hydrogen-bond acceptors (Lipinski definition) is 2. The van der Waals surface area contributed by atoms with Gasteiger partial charge in [0.1, 0.15) is 17.2 Å². The number of nitrogens with zero attached hydrogens (tertiary/aromatic N) is 2. The minimum atomic E-state index is 0.941. The number of pyridine rings is 1. The molecule has 0 fully saturated rings. The molecule has 2 heterocycles. The summed E-state index contributed by atoms with van der Waals surface area (Å²) in [6, 6.07) is 21.1. The van der Waals surface area contributed by atoms with Crippen molar-refractivity contribution in [3.05, 3.63) is 83.6 Å². The zero-order valence-electron chi connectivity index (χ0n) is 14.7. The summed E-state index contributed by atoms with van der Waals surface area (Å²) >= 11 is 0. The summed E-state index contributed by atoms with van der Waals surface area (Å²) in [5.74, 6) is 0.992. The largest absolute Gasteiger partial charge is 0.339 e. The highest BCUT2D eigenvalue weighted by molar-refractivity contribution is 5.79. The monoisotopic (exact) mass is 327 g/mol. The lowest BCUT2D eigenvalue weighted by Crippen LogP contribution is -1.97. The number of aryl methyl sites for hydroxylation is 3. The zero-order valence-corrected chi connectivity index (χ0v) is 14.7. The van der Waals surface area contributed by atoms with Gasteiger partial charge >= 0.3 is 0 Å². The van der Waals surface area contributed by atoms with Crippen LogP contribution in [0.4, 0.5) is 11.5 Å². The summed E-state index contributed by atoms with van der Waals surface area (Å²) in [5, 5.41) is 3.56. The van der Waals surface area contributed by atoms with Crippen LogP contribution >= 0.6 is 0 Å². The Balaban J connectivity index is 1.89. The number of imidazole rings is 1. The lowest BCUT2D eigenvalue weighted by atomic mass is 10.1. The van der Waals surface area contributed by atoms with E-state index in [2.05, 4.69) is 97.3 Å². The highest BCUT2D eigenvalue weighted by atomic mass is 15.1. The molecule has 0 aliphatic heterocycles. The molecule has 1 N–H and O–H groups in total. The second kappa shape index (κ2) is 6.10. The van der Waals surface area contributed by atoms with Gasteiger partial charge in [-0.15, -0.1) is 0 Å². The van der Waals surface area contributed by atoms with E-state index < -0.39 is 0 Å².